The average Bonchev–Trinajstić information content (AvgIpc) is 2.84. The van der Waals surface area contributed by atoms with Gasteiger partial charge < -0.3 is 5.43 Å². The summed E-state index contributed by atoms with van der Waals surface area (Å²) in [7, 11) is -3.61. The van der Waals surface area contributed by atoms with Gasteiger partial charge in [-0.3, -0.25) is 4.40 Å². The monoisotopic (exact) mass is 301 g/mol. The number of aromatic nitrogens is 2. The molecule has 0 unspecified atom stereocenters. The summed E-state index contributed by atoms with van der Waals surface area (Å²) in [5.41, 5.74) is 2.35. The number of nitrogens with zero attached hydrogens (tertiary/aromatic N) is 2. The summed E-state index contributed by atoms with van der Waals surface area (Å²) >= 11 is 1.36. The molecule has 2 heterocycles. The Morgan fingerprint density at radius 3 is 2.95 bits per heavy atom. The zero-order valence-corrected chi connectivity index (χ0v) is 11.8. The fraction of sp³-hybridized carbons (Fsp3) is 0.500. The quantitative estimate of drug-likeness (QED) is 0.559. The molecule has 1 saturated carbocycles. The number of fused-ring (bicyclic) bond motifs is 1. The molecule has 0 atom stereocenters. The van der Waals surface area contributed by atoms with Gasteiger partial charge in [0, 0.05) is 18.1 Å². The molecule has 4 N–H and O–H groups in total. The number of nitrogen functional groups attached to an aromatic ring is 1. The van der Waals surface area contributed by atoms with E-state index in [-0.39, 0.29) is 10.8 Å². The first-order valence-corrected chi connectivity index (χ1v) is 8.40. The number of sulfonamides is 1. The zero-order valence-electron chi connectivity index (χ0n) is 10.2. The van der Waals surface area contributed by atoms with Crippen molar-refractivity contribution in [3.05, 3.63) is 11.6 Å². The maximum atomic E-state index is 12.4. The number of imidazole rings is 1. The third-order valence-electron chi connectivity index (χ3n) is 3.40. The molecule has 0 bridgehead atoms. The second kappa shape index (κ2) is 4.75. The molecule has 3 rings (SSSR count). The van der Waals surface area contributed by atoms with Crippen LogP contribution in [0.25, 0.3) is 4.96 Å². The highest BCUT2D eigenvalue weighted by atomic mass is 32.2. The van der Waals surface area contributed by atoms with Gasteiger partial charge in [-0.25, -0.2) is 19.0 Å². The van der Waals surface area contributed by atoms with Gasteiger partial charge in [-0.15, -0.1) is 11.3 Å². The van der Waals surface area contributed by atoms with E-state index in [0.717, 1.165) is 12.8 Å². The minimum Gasteiger partial charge on any atom is -0.306 e. The van der Waals surface area contributed by atoms with Gasteiger partial charge >= 0.3 is 0 Å². The average molecular weight is 301 g/mol. The van der Waals surface area contributed by atoms with Crippen LogP contribution in [0.4, 0.5) is 5.82 Å². The highest BCUT2D eigenvalue weighted by Gasteiger charge is 2.27. The van der Waals surface area contributed by atoms with Crippen LogP contribution in [0.3, 0.4) is 0 Å². The van der Waals surface area contributed by atoms with Gasteiger partial charge in [0.2, 0.25) is 5.03 Å². The molecule has 2 aromatic heterocycles. The van der Waals surface area contributed by atoms with Crippen molar-refractivity contribution in [1.82, 2.24) is 14.1 Å². The minimum absolute atomic E-state index is 0.0746. The molecular formula is C10H15N5O2S2. The number of hydrazine groups is 1. The van der Waals surface area contributed by atoms with Gasteiger partial charge in [0.25, 0.3) is 10.0 Å². The number of rotatable bonds is 5. The first-order valence-electron chi connectivity index (χ1n) is 6.03. The summed E-state index contributed by atoms with van der Waals surface area (Å²) in [4.78, 5) is 4.74. The van der Waals surface area contributed by atoms with E-state index in [1.54, 1.807) is 11.6 Å². The first kappa shape index (κ1) is 12.9. The molecule has 9 heteroatoms. The minimum atomic E-state index is -3.61. The number of nitrogens with two attached hydrogens (primary N) is 1. The molecule has 0 saturated heterocycles. The van der Waals surface area contributed by atoms with E-state index in [1.807, 2.05) is 0 Å². The standard InChI is InChI=1S/C10H15N5O2S2/c11-14-8-9(15-4-5-18-10(15)13-8)19(16,17)12-6-7-2-1-3-7/h4-5,7,12,14H,1-3,6,11H2. The molecule has 1 fully saturated rings. The SMILES string of the molecule is NNc1nc2sccn2c1S(=O)(=O)NCC1CCC1. The molecule has 0 amide bonds. The van der Waals surface area contributed by atoms with Gasteiger partial charge in [-0.1, -0.05) is 6.42 Å². The number of thiazole rings is 1. The molecular weight excluding hydrogens is 286 g/mol. The van der Waals surface area contributed by atoms with Crippen molar-refractivity contribution in [1.29, 1.82) is 0 Å². The van der Waals surface area contributed by atoms with Crippen LogP contribution in [0, 0.1) is 5.92 Å². The van der Waals surface area contributed by atoms with E-state index in [0.29, 0.717) is 17.4 Å². The van der Waals surface area contributed by atoms with Crippen LogP contribution in [-0.2, 0) is 10.0 Å². The lowest BCUT2D eigenvalue weighted by molar-refractivity contribution is 0.316. The molecule has 0 spiro atoms. The summed E-state index contributed by atoms with van der Waals surface area (Å²) in [6.45, 7) is 0.476. The third kappa shape index (κ3) is 2.22. The molecule has 7 nitrogen and oxygen atoms in total. The Kier molecular flexibility index (Phi) is 3.21. The Morgan fingerprint density at radius 1 is 1.53 bits per heavy atom. The highest BCUT2D eigenvalue weighted by molar-refractivity contribution is 7.89. The number of hydrogen-bond donors (Lipinski definition) is 3. The van der Waals surface area contributed by atoms with Gasteiger partial charge in [0.1, 0.15) is 0 Å². The Hall–Kier alpha value is -1.16. The van der Waals surface area contributed by atoms with Gasteiger partial charge in [0.05, 0.1) is 0 Å². The topological polar surface area (TPSA) is 102 Å². The van der Waals surface area contributed by atoms with Crippen LogP contribution < -0.4 is 16.0 Å². The van der Waals surface area contributed by atoms with Crippen LogP contribution >= 0.6 is 11.3 Å². The Morgan fingerprint density at radius 2 is 2.32 bits per heavy atom. The summed E-state index contributed by atoms with van der Waals surface area (Å²) < 4.78 is 28.9. The van der Waals surface area contributed by atoms with Crippen molar-refractivity contribution < 1.29 is 8.42 Å². The van der Waals surface area contributed by atoms with Crippen molar-refractivity contribution in [2.24, 2.45) is 11.8 Å². The lowest BCUT2D eigenvalue weighted by Crippen LogP contribution is -2.33. The number of hydrogen-bond acceptors (Lipinski definition) is 6. The molecule has 19 heavy (non-hydrogen) atoms. The maximum absolute atomic E-state index is 12.4. The fourth-order valence-corrected chi connectivity index (χ4v) is 4.24. The van der Waals surface area contributed by atoms with Crippen molar-refractivity contribution in [2.75, 3.05) is 12.0 Å². The van der Waals surface area contributed by atoms with Crippen LogP contribution in [0.5, 0.6) is 0 Å². The predicted octanol–water partition coefficient (Wildman–Crippen LogP) is 0.760. The Bertz CT molecular complexity index is 686. The van der Waals surface area contributed by atoms with Crippen molar-refractivity contribution >= 4 is 32.1 Å². The third-order valence-corrected chi connectivity index (χ3v) is 5.60. The molecule has 2 aromatic rings. The van der Waals surface area contributed by atoms with E-state index in [1.165, 1.54) is 22.2 Å². The van der Waals surface area contributed by atoms with Crippen molar-refractivity contribution in [2.45, 2.75) is 24.3 Å². The second-order valence-corrected chi connectivity index (χ2v) is 7.17. The van der Waals surface area contributed by atoms with Crippen LogP contribution in [-0.4, -0.2) is 24.3 Å². The molecule has 1 aliphatic rings. The van der Waals surface area contributed by atoms with E-state index in [2.05, 4.69) is 15.1 Å². The second-order valence-electron chi connectivity index (χ2n) is 4.61. The lowest BCUT2D eigenvalue weighted by Gasteiger charge is -2.25. The predicted molar refractivity (Wildman–Crippen MR) is 73.4 cm³/mol. The molecule has 0 aliphatic heterocycles. The molecule has 0 aromatic carbocycles. The summed E-state index contributed by atoms with van der Waals surface area (Å²) in [6.07, 6.45) is 5.03. The fourth-order valence-electron chi connectivity index (χ4n) is 2.11. The molecule has 104 valence electrons. The Balaban J connectivity index is 1.93. The number of anilines is 1. The number of nitrogens with one attached hydrogen (secondary N) is 2. The van der Waals surface area contributed by atoms with E-state index < -0.39 is 10.0 Å². The largest absolute Gasteiger partial charge is 0.306 e. The zero-order chi connectivity index (χ0) is 13.5. The van der Waals surface area contributed by atoms with E-state index >= 15 is 0 Å². The van der Waals surface area contributed by atoms with Gasteiger partial charge in [0.15, 0.2) is 10.8 Å². The highest BCUT2D eigenvalue weighted by Crippen LogP contribution is 2.27. The summed E-state index contributed by atoms with van der Waals surface area (Å²) in [5, 5.41) is 1.86. The summed E-state index contributed by atoms with van der Waals surface area (Å²) in [6, 6.07) is 0. The van der Waals surface area contributed by atoms with Gasteiger partial charge in [-0.05, 0) is 18.8 Å². The molecule has 0 radical (unpaired) electrons. The molecule has 1 aliphatic carbocycles. The summed E-state index contributed by atoms with van der Waals surface area (Å²) in [5.74, 6) is 5.98. The van der Waals surface area contributed by atoms with Gasteiger partial charge in [-0.2, -0.15) is 4.98 Å². The maximum Gasteiger partial charge on any atom is 0.260 e. The van der Waals surface area contributed by atoms with Crippen LogP contribution in [0.1, 0.15) is 19.3 Å². The smallest absolute Gasteiger partial charge is 0.260 e. The van der Waals surface area contributed by atoms with Crippen LogP contribution in [0.2, 0.25) is 0 Å². The van der Waals surface area contributed by atoms with E-state index in [4.69, 9.17) is 5.84 Å². The first-order chi connectivity index (χ1) is 9.12. The Labute approximate surface area is 114 Å². The normalized spacial score (nSPS) is 16.7. The van der Waals surface area contributed by atoms with E-state index in [9.17, 15) is 8.42 Å². The van der Waals surface area contributed by atoms with Crippen LogP contribution in [0.15, 0.2) is 16.6 Å². The lowest BCUT2D eigenvalue weighted by atomic mass is 9.86. The van der Waals surface area contributed by atoms with Crippen molar-refractivity contribution in [3.63, 3.8) is 0 Å². The van der Waals surface area contributed by atoms with Crippen molar-refractivity contribution in [3.8, 4) is 0 Å².